The van der Waals surface area contributed by atoms with Crippen molar-refractivity contribution in [2.24, 2.45) is 0 Å². The molecular formula is C27H23FN2O3S. The predicted octanol–water partition coefficient (Wildman–Crippen LogP) is 5.19. The molecule has 5 aromatic rings. The Morgan fingerprint density at radius 3 is 2.59 bits per heavy atom. The summed E-state index contributed by atoms with van der Waals surface area (Å²) in [5, 5.41) is 0. The molecule has 5 rings (SSSR count). The van der Waals surface area contributed by atoms with Crippen LogP contribution >= 0.6 is 11.3 Å². The van der Waals surface area contributed by atoms with Crippen LogP contribution in [0.4, 0.5) is 4.39 Å². The fourth-order valence-corrected chi connectivity index (χ4v) is 4.99. The molecule has 0 aliphatic rings. The van der Waals surface area contributed by atoms with Crippen molar-refractivity contribution in [1.29, 1.82) is 0 Å². The van der Waals surface area contributed by atoms with Crippen LogP contribution in [0.5, 0.6) is 11.5 Å². The van der Waals surface area contributed by atoms with E-state index in [1.54, 1.807) is 16.5 Å². The number of benzene rings is 3. The molecule has 0 fully saturated rings. The zero-order valence-electron chi connectivity index (χ0n) is 19.1. The molecule has 0 aliphatic carbocycles. The summed E-state index contributed by atoms with van der Waals surface area (Å²) in [6.07, 6.45) is 1.85. The minimum absolute atomic E-state index is 0.0814. The first-order valence-corrected chi connectivity index (χ1v) is 11.8. The molecule has 0 radical (unpaired) electrons. The van der Waals surface area contributed by atoms with E-state index in [9.17, 15) is 9.18 Å². The molecule has 0 unspecified atom stereocenters. The van der Waals surface area contributed by atoms with Crippen molar-refractivity contribution in [1.82, 2.24) is 9.38 Å². The van der Waals surface area contributed by atoms with E-state index < -0.39 is 0 Å². The Balaban J connectivity index is 1.50. The number of fused-ring (bicyclic) bond motifs is 3. The van der Waals surface area contributed by atoms with Gasteiger partial charge < -0.3 is 9.47 Å². The van der Waals surface area contributed by atoms with Crippen LogP contribution in [0.15, 0.2) is 59.4 Å². The Hall–Kier alpha value is -3.71. The van der Waals surface area contributed by atoms with E-state index in [2.05, 4.69) is 6.07 Å². The van der Waals surface area contributed by atoms with Crippen molar-refractivity contribution < 1.29 is 13.9 Å². The Bertz CT molecular complexity index is 1620. The van der Waals surface area contributed by atoms with Gasteiger partial charge in [-0.2, -0.15) is 0 Å². The first kappa shape index (κ1) is 22.1. The van der Waals surface area contributed by atoms with Crippen molar-refractivity contribution in [3.05, 3.63) is 97.6 Å². The molecule has 0 bridgehead atoms. The Morgan fingerprint density at radius 1 is 1.03 bits per heavy atom. The largest absolute Gasteiger partial charge is 0.490 e. The van der Waals surface area contributed by atoms with Gasteiger partial charge in [0.2, 0.25) is 0 Å². The van der Waals surface area contributed by atoms with Gasteiger partial charge in [0.05, 0.1) is 22.2 Å². The molecule has 0 atom stereocenters. The Labute approximate surface area is 199 Å². The molecule has 0 aliphatic heterocycles. The molecule has 0 spiro atoms. The van der Waals surface area contributed by atoms with Crippen LogP contribution in [0.1, 0.15) is 29.2 Å². The molecule has 172 valence electrons. The molecule has 2 heterocycles. The van der Waals surface area contributed by atoms with Gasteiger partial charge in [-0.15, -0.1) is 0 Å². The highest BCUT2D eigenvalue weighted by atomic mass is 32.1. The number of halogens is 1. The second kappa shape index (κ2) is 8.91. The van der Waals surface area contributed by atoms with Gasteiger partial charge in [0.25, 0.3) is 5.56 Å². The summed E-state index contributed by atoms with van der Waals surface area (Å²) < 4.78 is 27.1. The quantitative estimate of drug-likeness (QED) is 0.340. The number of imidazole rings is 1. The number of nitrogens with zero attached hydrogens (tertiary/aromatic N) is 2. The minimum Gasteiger partial charge on any atom is -0.490 e. The van der Waals surface area contributed by atoms with E-state index in [-0.39, 0.29) is 11.4 Å². The van der Waals surface area contributed by atoms with Crippen molar-refractivity contribution in [2.75, 3.05) is 6.61 Å². The van der Waals surface area contributed by atoms with Gasteiger partial charge in [-0.25, -0.2) is 13.8 Å². The number of rotatable bonds is 6. The lowest BCUT2D eigenvalue weighted by Gasteiger charge is -2.12. The average Bonchev–Trinajstić information content (AvgIpc) is 3.31. The molecule has 0 N–H and O–H groups in total. The smallest absolute Gasteiger partial charge is 0.274 e. The van der Waals surface area contributed by atoms with Crippen LogP contribution in [-0.2, 0) is 6.61 Å². The van der Waals surface area contributed by atoms with Gasteiger partial charge in [-0.05, 0) is 79.4 Å². The summed E-state index contributed by atoms with van der Waals surface area (Å²) in [7, 11) is 0. The first-order valence-electron chi connectivity index (χ1n) is 11.0. The van der Waals surface area contributed by atoms with Crippen LogP contribution in [0.3, 0.4) is 0 Å². The first-order chi connectivity index (χ1) is 16.4. The van der Waals surface area contributed by atoms with Crippen molar-refractivity contribution >= 4 is 33.4 Å². The summed E-state index contributed by atoms with van der Waals surface area (Å²) in [6, 6.07) is 15.8. The zero-order valence-corrected chi connectivity index (χ0v) is 19.9. The summed E-state index contributed by atoms with van der Waals surface area (Å²) in [6.45, 7) is 6.70. The fraction of sp³-hybridized carbons (Fsp3) is 0.185. The monoisotopic (exact) mass is 474 g/mol. The Morgan fingerprint density at radius 2 is 1.82 bits per heavy atom. The molecule has 7 heteroatoms. The van der Waals surface area contributed by atoms with Gasteiger partial charge >= 0.3 is 0 Å². The van der Waals surface area contributed by atoms with Gasteiger partial charge in [0.1, 0.15) is 12.4 Å². The molecule has 34 heavy (non-hydrogen) atoms. The summed E-state index contributed by atoms with van der Waals surface area (Å²) in [5.41, 5.74) is 5.47. The predicted molar refractivity (Wildman–Crippen MR) is 133 cm³/mol. The Kier molecular flexibility index (Phi) is 5.79. The topological polar surface area (TPSA) is 52.8 Å². The van der Waals surface area contributed by atoms with E-state index in [0.29, 0.717) is 34.2 Å². The maximum atomic E-state index is 13.2. The second-order valence-electron chi connectivity index (χ2n) is 8.15. The zero-order chi connectivity index (χ0) is 23.8. The van der Waals surface area contributed by atoms with Gasteiger partial charge in [0.15, 0.2) is 16.5 Å². The lowest BCUT2D eigenvalue weighted by Crippen LogP contribution is -2.22. The molecule has 0 amide bonds. The van der Waals surface area contributed by atoms with Crippen LogP contribution in [-0.4, -0.2) is 16.0 Å². The lowest BCUT2D eigenvalue weighted by atomic mass is 10.1. The number of ether oxygens (including phenoxy) is 2. The lowest BCUT2D eigenvalue weighted by molar-refractivity contribution is 0.269. The maximum absolute atomic E-state index is 13.2. The van der Waals surface area contributed by atoms with Gasteiger partial charge in [-0.1, -0.05) is 35.6 Å². The molecule has 3 aromatic carbocycles. The second-order valence-corrected chi connectivity index (χ2v) is 9.16. The number of aryl methyl sites for hydroxylation is 2. The summed E-state index contributed by atoms with van der Waals surface area (Å²) >= 11 is 1.37. The third kappa shape index (κ3) is 4.15. The number of hydrogen-bond acceptors (Lipinski definition) is 5. The number of thiazole rings is 1. The van der Waals surface area contributed by atoms with Crippen LogP contribution in [0.25, 0.3) is 22.1 Å². The average molecular weight is 475 g/mol. The molecule has 0 saturated heterocycles. The molecule has 0 saturated carbocycles. The third-order valence-electron chi connectivity index (χ3n) is 5.55. The molecule has 2 aromatic heterocycles. The van der Waals surface area contributed by atoms with Crippen molar-refractivity contribution in [3.63, 3.8) is 0 Å². The normalized spacial score (nSPS) is 12.1. The SMILES string of the molecule is CCOc1cc(C=c2sc3nc4c(C)cc(C)cc4n3c2=O)ccc1OCc1ccc(F)cc1. The molecule has 5 nitrogen and oxygen atoms in total. The number of hydrogen-bond donors (Lipinski definition) is 0. The van der Waals surface area contributed by atoms with Crippen LogP contribution < -0.4 is 19.6 Å². The van der Waals surface area contributed by atoms with Gasteiger partial charge in [0, 0.05) is 0 Å². The van der Waals surface area contributed by atoms with Crippen molar-refractivity contribution in [3.8, 4) is 11.5 Å². The third-order valence-corrected chi connectivity index (χ3v) is 6.52. The van der Waals surface area contributed by atoms with Crippen LogP contribution in [0, 0.1) is 19.7 Å². The van der Waals surface area contributed by atoms with E-state index in [0.717, 1.165) is 33.3 Å². The van der Waals surface area contributed by atoms with Crippen LogP contribution in [0.2, 0.25) is 0 Å². The minimum atomic E-state index is -0.282. The van der Waals surface area contributed by atoms with E-state index in [1.165, 1.54) is 23.5 Å². The fourth-order valence-electron chi connectivity index (χ4n) is 4.01. The van der Waals surface area contributed by atoms with Crippen molar-refractivity contribution in [2.45, 2.75) is 27.4 Å². The summed E-state index contributed by atoms with van der Waals surface area (Å²) in [4.78, 5) is 18.6. The maximum Gasteiger partial charge on any atom is 0.274 e. The number of aromatic nitrogens is 2. The highest BCUT2D eigenvalue weighted by molar-refractivity contribution is 7.15. The van der Waals surface area contributed by atoms with E-state index >= 15 is 0 Å². The highest BCUT2D eigenvalue weighted by Crippen LogP contribution is 2.30. The molecular weight excluding hydrogens is 451 g/mol. The summed E-state index contributed by atoms with van der Waals surface area (Å²) in [5.74, 6) is 0.892. The standard InChI is InChI=1S/C27H23FN2O3S/c1-4-32-23-13-19(7-10-22(23)33-15-18-5-8-20(28)9-6-18)14-24-26(31)30-21-12-16(2)11-17(3)25(21)29-27(30)34-24/h5-14H,4,15H2,1-3H3. The van der Waals surface area contributed by atoms with Gasteiger partial charge in [-0.3, -0.25) is 4.79 Å². The van der Waals surface area contributed by atoms with E-state index in [4.69, 9.17) is 14.5 Å². The van der Waals surface area contributed by atoms with E-state index in [1.807, 2.05) is 51.1 Å². The highest BCUT2D eigenvalue weighted by Gasteiger charge is 2.14.